The molecule has 5 atom stereocenters. The Morgan fingerprint density at radius 3 is 1.38 bits per heavy atom. The van der Waals surface area contributed by atoms with Crippen LogP contribution in [0, 0.1) is 30.6 Å². The maximum Gasteiger partial charge on any atom is 0.343 e. The van der Waals surface area contributed by atoms with Crippen LogP contribution >= 0.6 is 7.37 Å². The van der Waals surface area contributed by atoms with Gasteiger partial charge in [-0.1, -0.05) is 183 Å². The molecule has 0 aromatic heterocycles. The zero-order valence-electron chi connectivity index (χ0n) is 57.9. The number of aryl methyl sites for hydroxylation is 1. The topological polar surface area (TPSA) is 262 Å². The lowest BCUT2D eigenvalue weighted by Gasteiger charge is -2.30. The molecule has 15 rings (SSSR count). The van der Waals surface area contributed by atoms with Crippen molar-refractivity contribution in [1.29, 1.82) is 0 Å². The van der Waals surface area contributed by atoms with Crippen molar-refractivity contribution < 1.29 is 80.7 Å². The SMILES string of the molecule is C.C.C.C.C.C.C.C.C.C.CC(=O)COc1ccc(C(=O)COc2ccc(OCC(=O)c3cccc(C(=O)COc4ccc(NC(=O)c5ccc(N6C(=O)C7CC=CCC7C6=O)cc5)cc4)c3)c(P3(=O)Oc4ccccc4-c4ccccc43)c2)cc1.Cc1ccc2cc(OC(=O)c3ccc(N4C(=O)C5CC=CCC5C4=O)cc3)ccc2c1. The van der Waals surface area contributed by atoms with Gasteiger partial charge in [0, 0.05) is 33.5 Å². The molecule has 0 spiro atoms. The van der Waals surface area contributed by atoms with Crippen molar-refractivity contribution in [2.45, 2.75) is 114 Å². The Kier molecular flexibility index (Phi) is 34.5. The Bertz CT molecular complexity index is 5310. The summed E-state index contributed by atoms with van der Waals surface area (Å²) in [6.07, 6.45) is 10.0. The van der Waals surface area contributed by atoms with Crippen LogP contribution in [-0.2, 0) is 28.5 Å². The number of ether oxygens (including phenoxy) is 5. The number of Topliss-reactive ketones (excluding diaryl/α,β-unsaturated/α-hetero) is 4. The van der Waals surface area contributed by atoms with E-state index in [0.29, 0.717) is 93.3 Å². The Morgan fingerprint density at radius 1 is 0.402 bits per heavy atom. The Morgan fingerprint density at radius 2 is 0.838 bits per heavy atom. The number of rotatable bonds is 22. The predicted molar refractivity (Wildman–Crippen MR) is 468 cm³/mol. The van der Waals surface area contributed by atoms with E-state index in [1.165, 1.54) is 46.6 Å². The number of hydrogen-bond donors (Lipinski definition) is 1. The highest BCUT2D eigenvalue weighted by Gasteiger charge is 2.49. The maximum absolute atomic E-state index is 15.5. The lowest BCUT2D eigenvalue weighted by atomic mass is 9.85. The second-order valence-electron chi connectivity index (χ2n) is 26.3. The van der Waals surface area contributed by atoms with Gasteiger partial charge < -0.3 is 33.5 Å². The largest absolute Gasteiger partial charge is 0.486 e. The number of imide groups is 2. The molecule has 10 aromatic rings. The maximum atomic E-state index is 15.5. The number of ketones is 4. The van der Waals surface area contributed by atoms with Crippen LogP contribution in [0.15, 0.2) is 249 Å². The van der Waals surface area contributed by atoms with Gasteiger partial charge in [-0.3, -0.25) is 57.5 Å². The summed E-state index contributed by atoms with van der Waals surface area (Å²) < 4.78 is 50.7. The van der Waals surface area contributed by atoms with E-state index in [4.69, 9.17) is 28.2 Å². The van der Waals surface area contributed by atoms with Gasteiger partial charge in [-0.25, -0.2) is 4.79 Å². The molecular weight excluding hydrogens is 1500 g/mol. The molecule has 21 heteroatoms. The van der Waals surface area contributed by atoms with Crippen molar-refractivity contribution in [1.82, 2.24) is 0 Å². The number of carbonyl (C=O) groups excluding carboxylic acids is 10. The molecule has 10 aromatic carbocycles. The third-order valence-corrected chi connectivity index (χ3v) is 21.6. The average Bonchev–Trinajstić information content (AvgIpc) is 1.65. The van der Waals surface area contributed by atoms with Crippen molar-refractivity contribution in [2.24, 2.45) is 23.7 Å². The van der Waals surface area contributed by atoms with Crippen molar-refractivity contribution in [3.8, 4) is 45.6 Å². The number of amides is 5. The average molecular weight is 1610 g/mol. The van der Waals surface area contributed by atoms with Crippen molar-refractivity contribution >= 4 is 104 Å². The number of nitrogens with zero attached hydrogens (tertiary/aromatic N) is 2. The van der Waals surface area contributed by atoms with Crippen LogP contribution in [0.1, 0.15) is 164 Å². The van der Waals surface area contributed by atoms with Crippen LogP contribution in [0.3, 0.4) is 0 Å². The Hall–Kier alpha value is -12.9. The molecule has 5 aliphatic rings. The summed E-state index contributed by atoms with van der Waals surface area (Å²) in [7, 11) is -4.03. The van der Waals surface area contributed by atoms with E-state index in [2.05, 4.69) is 11.4 Å². The van der Waals surface area contributed by atoms with Crippen molar-refractivity contribution in [3.05, 3.63) is 282 Å². The number of allylic oxidation sites excluding steroid dienone is 4. The van der Waals surface area contributed by atoms with E-state index >= 15 is 4.57 Å². The Labute approximate surface area is 688 Å². The minimum Gasteiger partial charge on any atom is -0.486 e. The quantitative estimate of drug-likeness (QED) is 0.0165. The standard InChI is InChI=1S/C60H47N2O13P.C26H21NO4.10CH4/c1-37(63)33-71-44-25-19-38(20-26-44)51(64)34-73-46-29-30-55(57(32-46)76(70)56-16-7-5-12-48(56)47-11-4-6-15-54(47)75-76)74-36-53(66)41-10-8-9-40(31-41)52(65)35-72-45-27-21-42(22-28-45)61-58(67)39-17-23-43(24-18-39)62-59(68)49-13-2-3-14-50(49)60(62)69;1-16-6-7-19-15-21(13-10-18(19)14-16)31-26(30)17-8-11-20(12-9-17)27-24(28)22-4-2-3-5-23(22)25(27)29;;;;;;;;;;/h2-12,15-32,49-50H,13-14,33-36H2,1H3,(H,61,67);2-3,6-15,22-23H,4-5H2,1H3;10*1H4. The smallest absolute Gasteiger partial charge is 0.343 e. The van der Waals surface area contributed by atoms with Gasteiger partial charge in [0.2, 0.25) is 23.6 Å². The molecule has 5 unspecified atom stereocenters. The first-order valence-corrected chi connectivity index (χ1v) is 36.3. The fourth-order valence-corrected chi connectivity index (χ4v) is 16.0. The lowest BCUT2D eigenvalue weighted by molar-refractivity contribution is -0.124. The normalized spacial score (nSPS) is 16.4. The second-order valence-corrected chi connectivity index (χ2v) is 28.6. The minimum absolute atomic E-state index is 0. The van der Waals surface area contributed by atoms with Crippen molar-refractivity contribution in [3.63, 3.8) is 0 Å². The number of fused-ring (bicyclic) bond motifs is 6. The number of anilines is 3. The highest BCUT2D eigenvalue weighted by Crippen LogP contribution is 2.56. The van der Waals surface area contributed by atoms with Gasteiger partial charge in [0.05, 0.1) is 51.2 Å². The van der Waals surface area contributed by atoms with E-state index in [1.54, 1.807) is 146 Å². The van der Waals surface area contributed by atoms with Crippen LogP contribution in [0.25, 0.3) is 21.9 Å². The minimum atomic E-state index is -4.03. The molecule has 0 saturated carbocycles. The third-order valence-electron chi connectivity index (χ3n) is 19.2. The number of carbonyl (C=O) groups is 10. The first kappa shape index (κ1) is 96.4. The van der Waals surface area contributed by atoms with E-state index < -0.39 is 37.4 Å². The molecule has 20 nitrogen and oxygen atoms in total. The molecule has 2 fully saturated rings. The Balaban J connectivity index is 0.000000595. The number of hydrogen-bond acceptors (Lipinski definition) is 17. The third kappa shape index (κ3) is 20.8. The molecule has 117 heavy (non-hydrogen) atoms. The van der Waals surface area contributed by atoms with Crippen molar-refractivity contribution in [2.75, 3.05) is 41.5 Å². The number of benzene rings is 10. The van der Waals surface area contributed by atoms with Crippen LogP contribution in [-0.4, -0.2) is 85.1 Å². The first-order chi connectivity index (χ1) is 51.8. The molecule has 614 valence electrons. The highest BCUT2D eigenvalue weighted by molar-refractivity contribution is 7.75. The molecule has 5 amide bonds. The zero-order valence-corrected chi connectivity index (χ0v) is 58.8. The van der Waals surface area contributed by atoms with Gasteiger partial charge in [-0.05, 0) is 201 Å². The summed E-state index contributed by atoms with van der Waals surface area (Å²) >= 11 is 0. The lowest BCUT2D eigenvalue weighted by Crippen LogP contribution is -2.30. The van der Waals surface area contributed by atoms with E-state index in [-0.39, 0.29) is 181 Å². The zero-order chi connectivity index (χ0) is 74.5. The van der Waals surface area contributed by atoms with E-state index in [1.807, 2.05) is 79.8 Å². The number of nitrogens with one attached hydrogen (secondary N) is 1. The van der Waals surface area contributed by atoms with E-state index in [0.717, 1.165) is 16.3 Å². The van der Waals surface area contributed by atoms with Gasteiger partial charge >= 0.3 is 13.3 Å². The summed E-state index contributed by atoms with van der Waals surface area (Å²) in [6, 6.07) is 62.0. The van der Waals surface area contributed by atoms with Crippen LogP contribution < -0.4 is 53.9 Å². The monoisotopic (exact) mass is 1610 g/mol. The molecule has 0 radical (unpaired) electrons. The van der Waals surface area contributed by atoms with Gasteiger partial charge in [0.25, 0.3) is 5.91 Å². The van der Waals surface area contributed by atoms with Gasteiger partial charge in [0.15, 0.2) is 43.0 Å². The van der Waals surface area contributed by atoms with Crippen LogP contribution in [0.5, 0.6) is 34.5 Å². The van der Waals surface area contributed by atoms with E-state index in [9.17, 15) is 47.9 Å². The van der Waals surface area contributed by atoms with Gasteiger partial charge in [-0.2, -0.15) is 0 Å². The summed E-state index contributed by atoms with van der Waals surface area (Å²) in [4.78, 5) is 131. The summed E-state index contributed by atoms with van der Waals surface area (Å²) in [5.41, 5.74) is 5.35. The molecule has 1 N–H and O–H groups in total. The molecule has 3 aliphatic heterocycles. The fourth-order valence-electron chi connectivity index (χ4n) is 13.5. The van der Waals surface area contributed by atoms with Crippen LogP contribution in [0.2, 0.25) is 0 Å². The first-order valence-electron chi connectivity index (χ1n) is 34.7. The number of esters is 1. The molecule has 2 aliphatic carbocycles. The summed E-state index contributed by atoms with van der Waals surface area (Å²) in [5.74, 6) is -2.50. The molecular formula is C96H108N3O17P. The highest BCUT2D eigenvalue weighted by atomic mass is 31.2. The van der Waals surface area contributed by atoms with Gasteiger partial charge in [0.1, 0.15) is 41.1 Å². The van der Waals surface area contributed by atoms with Crippen LogP contribution in [0.4, 0.5) is 17.1 Å². The predicted octanol–water partition coefficient (Wildman–Crippen LogP) is 20.6. The van der Waals surface area contributed by atoms with Gasteiger partial charge in [-0.15, -0.1) is 0 Å². The second kappa shape index (κ2) is 41.9. The molecule has 3 heterocycles. The summed E-state index contributed by atoms with van der Waals surface area (Å²) in [5, 5.41) is 5.37. The molecule has 0 bridgehead atoms. The molecule has 2 saturated heterocycles. The number of para-hydroxylation sites is 1. The summed E-state index contributed by atoms with van der Waals surface area (Å²) in [6.45, 7) is 2.09. The fraction of sp³-hybridized carbons (Fsp3) is 0.250.